The summed E-state index contributed by atoms with van der Waals surface area (Å²) >= 11 is 13.9. The van der Waals surface area contributed by atoms with Crippen molar-refractivity contribution >= 4 is 47.0 Å². The van der Waals surface area contributed by atoms with Gasteiger partial charge in [0.25, 0.3) is 0 Å². The molecule has 0 aromatic heterocycles. The van der Waals surface area contributed by atoms with E-state index < -0.39 is 0 Å². The van der Waals surface area contributed by atoms with E-state index in [1.807, 2.05) is 29.7 Å². The summed E-state index contributed by atoms with van der Waals surface area (Å²) in [5, 5.41) is 3.02. The largest absolute Gasteiger partial charge is 0.494 e. The molecule has 2 aromatic rings. The van der Waals surface area contributed by atoms with E-state index in [-0.39, 0.29) is 5.97 Å². The molecule has 0 radical (unpaired) electrons. The van der Waals surface area contributed by atoms with Gasteiger partial charge in [-0.05, 0) is 40.8 Å². The van der Waals surface area contributed by atoms with Gasteiger partial charge in [0, 0.05) is 12.7 Å². The second-order valence-corrected chi connectivity index (χ2v) is 6.51. The van der Waals surface area contributed by atoms with E-state index in [9.17, 15) is 4.79 Å². The monoisotopic (exact) mass is 382 g/mol. The molecule has 0 spiro atoms. The van der Waals surface area contributed by atoms with Crippen molar-refractivity contribution in [2.24, 2.45) is 0 Å². The van der Waals surface area contributed by atoms with E-state index in [0.29, 0.717) is 27.3 Å². The third-order valence-electron chi connectivity index (χ3n) is 3.07. The molecule has 24 heavy (non-hydrogen) atoms. The minimum absolute atomic E-state index is 0.330. The van der Waals surface area contributed by atoms with Gasteiger partial charge >= 0.3 is 5.97 Å². The molecule has 0 saturated carbocycles. The van der Waals surface area contributed by atoms with Crippen molar-refractivity contribution in [1.82, 2.24) is 0 Å². The van der Waals surface area contributed by atoms with Gasteiger partial charge in [-0.25, -0.2) is 0 Å². The summed E-state index contributed by atoms with van der Waals surface area (Å²) in [6, 6.07) is 10.9. The maximum absolute atomic E-state index is 10.9. The molecule has 0 heterocycles. The van der Waals surface area contributed by atoms with Crippen LogP contribution in [0.5, 0.6) is 11.5 Å². The Morgan fingerprint density at radius 2 is 1.88 bits per heavy atom. The highest BCUT2D eigenvalue weighted by atomic mass is 35.5. The van der Waals surface area contributed by atoms with E-state index in [2.05, 4.69) is 0 Å². The Morgan fingerprint density at radius 1 is 1.17 bits per heavy atom. The molecule has 0 saturated heterocycles. The van der Waals surface area contributed by atoms with Crippen molar-refractivity contribution in [3.8, 4) is 11.5 Å². The van der Waals surface area contributed by atoms with Gasteiger partial charge in [-0.3, -0.25) is 4.79 Å². The van der Waals surface area contributed by atoms with Gasteiger partial charge in [-0.2, -0.15) is 0 Å². The Morgan fingerprint density at radius 3 is 2.50 bits per heavy atom. The Bertz CT molecular complexity index is 743. The Balaban J connectivity index is 1.94. The summed E-state index contributed by atoms with van der Waals surface area (Å²) in [6.45, 7) is 1.38. The van der Waals surface area contributed by atoms with E-state index in [1.165, 1.54) is 6.92 Å². The minimum Gasteiger partial charge on any atom is -0.494 e. The number of carbonyl (C=O) groups excluding carboxylic acids is 1. The van der Waals surface area contributed by atoms with Gasteiger partial charge in [0.2, 0.25) is 0 Å². The zero-order valence-electron chi connectivity index (χ0n) is 13.2. The second-order valence-electron chi connectivity index (χ2n) is 4.83. The maximum atomic E-state index is 10.9. The van der Waals surface area contributed by atoms with Crippen LogP contribution in [0.15, 0.2) is 41.8 Å². The van der Waals surface area contributed by atoms with Crippen molar-refractivity contribution in [3.63, 3.8) is 0 Å². The summed E-state index contributed by atoms with van der Waals surface area (Å²) in [5.41, 5.74) is 1.97. The number of rotatable bonds is 6. The van der Waals surface area contributed by atoms with Crippen LogP contribution < -0.4 is 9.47 Å². The molecule has 0 aliphatic heterocycles. The van der Waals surface area contributed by atoms with Crippen LogP contribution in [-0.4, -0.2) is 13.1 Å². The van der Waals surface area contributed by atoms with E-state index in [1.54, 1.807) is 37.1 Å². The van der Waals surface area contributed by atoms with Crippen LogP contribution in [0.1, 0.15) is 18.1 Å². The number of benzene rings is 2. The SMILES string of the molecule is COc1c(Cl)ccc(CSC=Cc2ccc(OC(C)=O)cc2)c1Cl. The molecule has 0 bridgehead atoms. The number of hydrogen-bond donors (Lipinski definition) is 0. The molecule has 3 nitrogen and oxygen atoms in total. The highest BCUT2D eigenvalue weighted by Gasteiger charge is 2.10. The van der Waals surface area contributed by atoms with Gasteiger partial charge in [0.05, 0.1) is 17.2 Å². The lowest BCUT2D eigenvalue weighted by molar-refractivity contribution is -0.131. The molecular formula is C18H16Cl2O3S. The van der Waals surface area contributed by atoms with Crippen LogP contribution in [0.25, 0.3) is 6.08 Å². The predicted octanol–water partition coefficient (Wildman–Crippen LogP) is 5.83. The number of methoxy groups -OCH3 is 1. The Kier molecular flexibility index (Phi) is 7.03. The summed E-state index contributed by atoms with van der Waals surface area (Å²) in [5.74, 6) is 1.41. The second kappa shape index (κ2) is 9.02. The fourth-order valence-electron chi connectivity index (χ4n) is 1.95. The summed E-state index contributed by atoms with van der Waals surface area (Å²) in [7, 11) is 1.55. The molecule has 6 heteroatoms. The highest BCUT2D eigenvalue weighted by molar-refractivity contribution is 8.01. The zero-order chi connectivity index (χ0) is 17.5. The van der Waals surface area contributed by atoms with Crippen LogP contribution in [0.2, 0.25) is 10.0 Å². The molecule has 0 N–H and O–H groups in total. The fraction of sp³-hybridized carbons (Fsp3) is 0.167. The molecule has 0 unspecified atom stereocenters. The summed E-state index contributed by atoms with van der Waals surface area (Å²) in [6.07, 6.45) is 1.98. The van der Waals surface area contributed by atoms with Gasteiger partial charge in [0.1, 0.15) is 5.75 Å². The third kappa shape index (κ3) is 5.20. The normalized spacial score (nSPS) is 10.8. The quantitative estimate of drug-likeness (QED) is 0.464. The van der Waals surface area contributed by atoms with Gasteiger partial charge in [-0.1, -0.05) is 41.4 Å². The molecule has 2 rings (SSSR count). The lowest BCUT2D eigenvalue weighted by Crippen LogP contribution is -2.00. The van der Waals surface area contributed by atoms with Crippen LogP contribution in [0.3, 0.4) is 0 Å². The standard InChI is InChI=1S/C18H16Cl2O3S/c1-12(21)23-15-6-3-13(4-7-15)9-10-24-11-14-5-8-16(19)18(22-2)17(14)20/h3-10H,11H2,1-2H3. The van der Waals surface area contributed by atoms with Crippen molar-refractivity contribution in [1.29, 1.82) is 0 Å². The lowest BCUT2D eigenvalue weighted by Gasteiger charge is -2.09. The number of hydrogen-bond acceptors (Lipinski definition) is 4. The van der Waals surface area contributed by atoms with Crippen LogP contribution >= 0.6 is 35.0 Å². The first-order chi connectivity index (χ1) is 11.5. The van der Waals surface area contributed by atoms with Crippen LogP contribution in [0.4, 0.5) is 0 Å². The number of carbonyl (C=O) groups is 1. The topological polar surface area (TPSA) is 35.5 Å². The van der Waals surface area contributed by atoms with Crippen LogP contribution in [-0.2, 0) is 10.5 Å². The van der Waals surface area contributed by atoms with Gasteiger partial charge in [-0.15, -0.1) is 11.8 Å². The molecule has 126 valence electrons. The number of thioether (sulfide) groups is 1. The summed E-state index contributed by atoms with van der Waals surface area (Å²) in [4.78, 5) is 10.9. The van der Waals surface area contributed by atoms with E-state index >= 15 is 0 Å². The molecular weight excluding hydrogens is 367 g/mol. The Hall–Kier alpha value is -1.62. The van der Waals surface area contributed by atoms with E-state index in [4.69, 9.17) is 32.7 Å². The lowest BCUT2D eigenvalue weighted by atomic mass is 10.2. The number of halogens is 2. The van der Waals surface area contributed by atoms with Gasteiger partial charge < -0.3 is 9.47 Å². The number of ether oxygens (including phenoxy) is 2. The Labute approximate surface area is 155 Å². The summed E-state index contributed by atoms with van der Waals surface area (Å²) < 4.78 is 10.2. The van der Waals surface area contributed by atoms with E-state index in [0.717, 1.165) is 11.1 Å². The first kappa shape index (κ1) is 18.7. The van der Waals surface area contributed by atoms with Crippen molar-refractivity contribution < 1.29 is 14.3 Å². The molecule has 0 aliphatic carbocycles. The molecule has 2 aromatic carbocycles. The smallest absolute Gasteiger partial charge is 0.308 e. The first-order valence-corrected chi connectivity index (χ1v) is 8.89. The third-order valence-corrected chi connectivity index (χ3v) is 4.59. The fourth-order valence-corrected chi connectivity index (χ4v) is 3.39. The minimum atomic E-state index is -0.330. The molecule has 0 atom stereocenters. The van der Waals surface area contributed by atoms with Crippen molar-refractivity contribution in [2.75, 3.05) is 7.11 Å². The van der Waals surface area contributed by atoms with Gasteiger partial charge in [0.15, 0.2) is 5.75 Å². The highest BCUT2D eigenvalue weighted by Crippen LogP contribution is 2.36. The average Bonchev–Trinajstić information content (AvgIpc) is 2.55. The zero-order valence-corrected chi connectivity index (χ0v) is 15.5. The number of esters is 1. The van der Waals surface area contributed by atoms with Crippen molar-refractivity contribution in [3.05, 3.63) is 63.0 Å². The predicted molar refractivity (Wildman–Crippen MR) is 101 cm³/mol. The average molecular weight is 383 g/mol. The first-order valence-electron chi connectivity index (χ1n) is 7.08. The molecule has 0 fully saturated rings. The maximum Gasteiger partial charge on any atom is 0.308 e. The van der Waals surface area contributed by atoms with Crippen LogP contribution in [0, 0.1) is 0 Å². The molecule has 0 amide bonds. The van der Waals surface area contributed by atoms with Crippen molar-refractivity contribution in [2.45, 2.75) is 12.7 Å². The molecule has 0 aliphatic rings.